The van der Waals surface area contributed by atoms with Gasteiger partial charge in [0.05, 0.1) is 6.10 Å². The number of hydrogen-bond acceptors (Lipinski definition) is 6. The topological polar surface area (TPSA) is 135 Å². The minimum absolute atomic E-state index is 0.252. The molecule has 10 heteroatoms. The number of rotatable bonds is 17. The molecule has 2 unspecified atom stereocenters. The maximum Gasteiger partial charge on any atom is 0.329 e. The van der Waals surface area contributed by atoms with Gasteiger partial charge in [0.25, 0.3) is 0 Å². The zero-order chi connectivity index (χ0) is 37.5. The number of esters is 2. The minimum atomic E-state index is -0.926. The van der Waals surface area contributed by atoms with Crippen LogP contribution in [0.5, 0.6) is 0 Å². The second-order valence-corrected chi connectivity index (χ2v) is 14.1. The number of carbonyl (C=O) groups is 4. The third-order valence-electron chi connectivity index (χ3n) is 8.41. The average Bonchev–Trinajstić information content (AvgIpc) is 3.06. The number of ether oxygens (including phenoxy) is 2. The van der Waals surface area contributed by atoms with E-state index in [1.165, 1.54) is 0 Å². The molecule has 3 rings (SSSR count). The second-order valence-electron chi connectivity index (χ2n) is 14.1. The zero-order valence-electron chi connectivity index (χ0n) is 31.4. The molecule has 0 spiro atoms. The molecule has 4 atom stereocenters. The van der Waals surface area contributed by atoms with E-state index >= 15 is 0 Å². The Hall–Kier alpha value is -4.86. The van der Waals surface area contributed by atoms with Gasteiger partial charge in [-0.25, -0.2) is 19.2 Å². The summed E-state index contributed by atoms with van der Waals surface area (Å²) in [6.45, 7) is 15.8. The molecular formula is C41H56N4O6. The van der Waals surface area contributed by atoms with Crippen molar-refractivity contribution in [3.8, 4) is 0 Å². The molecule has 10 nitrogen and oxygen atoms in total. The number of aryl methyl sites for hydroxylation is 2. The molecule has 0 aliphatic rings. The van der Waals surface area contributed by atoms with Gasteiger partial charge in [-0.05, 0) is 80.2 Å². The van der Waals surface area contributed by atoms with Crippen molar-refractivity contribution in [1.82, 2.24) is 10.6 Å². The van der Waals surface area contributed by atoms with Gasteiger partial charge >= 0.3 is 24.0 Å². The predicted molar refractivity (Wildman–Crippen MR) is 203 cm³/mol. The van der Waals surface area contributed by atoms with E-state index in [1.54, 1.807) is 6.07 Å². The number of amides is 4. The van der Waals surface area contributed by atoms with Gasteiger partial charge in [-0.15, -0.1) is 0 Å². The lowest BCUT2D eigenvalue weighted by Gasteiger charge is -2.24. The Kier molecular flexibility index (Phi) is 16.0. The van der Waals surface area contributed by atoms with Gasteiger partial charge in [0.15, 0.2) is 0 Å². The summed E-state index contributed by atoms with van der Waals surface area (Å²) in [5.74, 6) is -0.316. The fourth-order valence-corrected chi connectivity index (χ4v) is 5.90. The van der Waals surface area contributed by atoms with Crippen LogP contribution in [0.15, 0.2) is 72.8 Å². The van der Waals surface area contributed by atoms with Crippen molar-refractivity contribution >= 4 is 35.4 Å². The van der Waals surface area contributed by atoms with E-state index < -0.39 is 36.1 Å². The van der Waals surface area contributed by atoms with Crippen molar-refractivity contribution in [2.45, 2.75) is 112 Å². The molecule has 0 heterocycles. The summed E-state index contributed by atoms with van der Waals surface area (Å²) >= 11 is 0. The average molecular weight is 701 g/mol. The van der Waals surface area contributed by atoms with Crippen LogP contribution in [0.4, 0.5) is 21.0 Å². The number of hydrogen-bond donors (Lipinski definition) is 4. The predicted octanol–water partition coefficient (Wildman–Crippen LogP) is 8.11. The lowest BCUT2D eigenvalue weighted by molar-refractivity contribution is -0.152. The molecule has 0 aromatic heterocycles. The number of urea groups is 2. The Morgan fingerprint density at radius 3 is 1.45 bits per heavy atom. The first kappa shape index (κ1) is 40.6. The van der Waals surface area contributed by atoms with Crippen molar-refractivity contribution in [1.29, 1.82) is 0 Å². The highest BCUT2D eigenvalue weighted by molar-refractivity contribution is 5.97. The zero-order valence-corrected chi connectivity index (χ0v) is 31.4. The summed E-state index contributed by atoms with van der Waals surface area (Å²) in [5, 5.41) is 11.3. The second kappa shape index (κ2) is 20.1. The van der Waals surface area contributed by atoms with Crippen LogP contribution in [-0.4, -0.2) is 48.3 Å². The van der Waals surface area contributed by atoms with E-state index in [0.717, 1.165) is 28.7 Å². The van der Waals surface area contributed by atoms with E-state index in [0.29, 0.717) is 36.1 Å². The van der Waals surface area contributed by atoms with Crippen molar-refractivity contribution in [2.75, 3.05) is 10.6 Å². The Labute approximate surface area is 303 Å². The van der Waals surface area contributed by atoms with Crippen LogP contribution in [0.1, 0.15) is 83.1 Å². The Morgan fingerprint density at radius 2 is 1.04 bits per heavy atom. The lowest BCUT2D eigenvalue weighted by atomic mass is 10.0. The maximum atomic E-state index is 13.4. The molecular weight excluding hydrogens is 644 g/mol. The summed E-state index contributed by atoms with van der Waals surface area (Å²) in [4.78, 5) is 53.3. The van der Waals surface area contributed by atoms with Crippen LogP contribution in [0.2, 0.25) is 0 Å². The van der Waals surface area contributed by atoms with Crippen LogP contribution in [0.25, 0.3) is 0 Å². The van der Waals surface area contributed by atoms with Crippen LogP contribution in [0.3, 0.4) is 0 Å². The summed E-state index contributed by atoms with van der Waals surface area (Å²) in [5.41, 5.74) is 4.14. The van der Waals surface area contributed by atoms with Crippen molar-refractivity contribution in [3.05, 3.63) is 95.1 Å². The number of nitrogens with one attached hydrogen (secondary N) is 4. The molecule has 0 aliphatic heterocycles. The molecule has 276 valence electrons. The molecule has 4 amide bonds. The third-order valence-corrected chi connectivity index (χ3v) is 8.41. The van der Waals surface area contributed by atoms with Crippen LogP contribution >= 0.6 is 0 Å². The fourth-order valence-electron chi connectivity index (χ4n) is 5.90. The summed E-state index contributed by atoms with van der Waals surface area (Å²) in [7, 11) is 0. The molecule has 0 radical (unpaired) electrons. The first-order valence-electron chi connectivity index (χ1n) is 18.0. The van der Waals surface area contributed by atoms with E-state index in [4.69, 9.17) is 9.47 Å². The number of anilines is 2. The Morgan fingerprint density at radius 1 is 0.608 bits per heavy atom. The van der Waals surface area contributed by atoms with Crippen LogP contribution in [-0.2, 0) is 31.9 Å². The van der Waals surface area contributed by atoms with Crippen molar-refractivity contribution in [2.24, 2.45) is 11.8 Å². The molecule has 0 saturated heterocycles. The van der Waals surface area contributed by atoms with Crippen LogP contribution < -0.4 is 21.3 Å². The quantitative estimate of drug-likeness (QED) is 0.105. The van der Waals surface area contributed by atoms with Gasteiger partial charge in [-0.1, -0.05) is 101 Å². The third kappa shape index (κ3) is 14.1. The molecule has 3 aromatic carbocycles. The highest BCUT2D eigenvalue weighted by Gasteiger charge is 2.27. The first-order chi connectivity index (χ1) is 24.2. The number of carbonyl (C=O) groups excluding carboxylic acids is 4. The van der Waals surface area contributed by atoms with Crippen LogP contribution in [0, 0.1) is 25.7 Å². The lowest BCUT2D eigenvalue weighted by Crippen LogP contribution is -2.46. The molecule has 0 aliphatic carbocycles. The summed E-state index contributed by atoms with van der Waals surface area (Å²) in [6, 6.07) is 19.3. The largest absolute Gasteiger partial charge is 0.461 e. The molecule has 3 aromatic rings. The Balaban J connectivity index is 1.75. The van der Waals surface area contributed by atoms with Crippen molar-refractivity contribution in [3.63, 3.8) is 0 Å². The highest BCUT2D eigenvalue weighted by atomic mass is 16.5. The molecule has 0 saturated carbocycles. The molecule has 0 bridgehead atoms. The first-order valence-corrected chi connectivity index (χ1v) is 18.0. The van der Waals surface area contributed by atoms with E-state index in [9.17, 15) is 19.2 Å². The van der Waals surface area contributed by atoms with Crippen molar-refractivity contribution < 1.29 is 28.7 Å². The van der Waals surface area contributed by atoms with Gasteiger partial charge in [0, 0.05) is 24.2 Å². The summed E-state index contributed by atoms with van der Waals surface area (Å²) < 4.78 is 11.6. The number of benzene rings is 3. The smallest absolute Gasteiger partial charge is 0.329 e. The van der Waals surface area contributed by atoms with Gasteiger partial charge in [0.1, 0.15) is 18.2 Å². The van der Waals surface area contributed by atoms with E-state index in [2.05, 4.69) is 49.0 Å². The monoisotopic (exact) mass is 700 g/mol. The van der Waals surface area contributed by atoms with Gasteiger partial charge < -0.3 is 30.7 Å². The van der Waals surface area contributed by atoms with Gasteiger partial charge in [0.2, 0.25) is 0 Å². The standard InChI is InChI=1S/C41H56N4O6/c1-9-33(21-27(4)5)51-39(47)37(24-32-18-14-11-15-19-32)45-41(49)43-35-25-34(28(6)22-29(35)7)42-40(48)44-36(23-31-16-12-10-13-17-31)38(46)50-30(8)20-26(2)3/h10-19,22,25-27,30,33,36-37H,9,20-21,23-24H2,1-8H3,(H2,42,44,48)(H2,43,45,49)/t30?,33?,36-,37-/m0/s1. The molecule has 4 N–H and O–H groups in total. The van der Waals surface area contributed by atoms with Gasteiger partial charge in [-0.2, -0.15) is 0 Å². The normalized spacial score (nSPS) is 13.5. The maximum absolute atomic E-state index is 13.4. The SMILES string of the molecule is CCC(CC(C)C)OC(=O)[C@H](Cc1ccccc1)NC(=O)Nc1cc(NC(=O)N[C@@H](Cc2ccccc2)C(=O)OC(C)CC(C)C)c(C)cc1C. The fraction of sp³-hybridized carbons (Fsp3) is 0.463. The minimum Gasteiger partial charge on any atom is -0.461 e. The van der Waals surface area contributed by atoms with E-state index in [1.807, 2.05) is 94.4 Å². The molecule has 51 heavy (non-hydrogen) atoms. The molecule has 0 fully saturated rings. The van der Waals surface area contributed by atoms with Gasteiger partial charge in [-0.3, -0.25) is 0 Å². The van der Waals surface area contributed by atoms with E-state index in [-0.39, 0.29) is 25.0 Å². The summed E-state index contributed by atoms with van der Waals surface area (Å²) in [6.07, 6.45) is 2.06. The highest BCUT2D eigenvalue weighted by Crippen LogP contribution is 2.25. The Bertz CT molecular complexity index is 1580.